The number of aromatic nitrogens is 1. The van der Waals surface area contributed by atoms with E-state index < -0.39 is 12.0 Å². The Morgan fingerprint density at radius 3 is 2.39 bits per heavy atom. The third-order valence-electron chi connectivity index (χ3n) is 2.07. The van der Waals surface area contributed by atoms with Crippen LogP contribution in [0.25, 0.3) is 0 Å². The van der Waals surface area contributed by atoms with E-state index in [1.807, 2.05) is 0 Å². The molecule has 0 atom stereocenters. The number of benzene rings is 1. The zero-order chi connectivity index (χ0) is 12.8. The van der Waals surface area contributed by atoms with Gasteiger partial charge >= 0.3 is 6.09 Å². The van der Waals surface area contributed by atoms with Crippen molar-refractivity contribution in [1.82, 2.24) is 10.3 Å². The van der Waals surface area contributed by atoms with Gasteiger partial charge in [-0.3, -0.25) is 15.1 Å². The van der Waals surface area contributed by atoms with Gasteiger partial charge in [-0.2, -0.15) is 0 Å². The molecule has 1 N–H and O–H groups in total. The lowest BCUT2D eigenvalue weighted by molar-refractivity contribution is 0.0946. The lowest BCUT2D eigenvalue weighted by Gasteiger charge is -2.04. The number of pyridine rings is 1. The molecule has 2 rings (SSSR count). The number of hydrogen-bond acceptors (Lipinski definition) is 4. The Morgan fingerprint density at radius 1 is 1.00 bits per heavy atom. The lowest BCUT2D eigenvalue weighted by Crippen LogP contribution is -2.33. The maximum absolute atomic E-state index is 11.6. The van der Waals surface area contributed by atoms with E-state index >= 15 is 0 Å². The molecule has 0 saturated carbocycles. The third kappa shape index (κ3) is 3.15. The number of carbonyl (C=O) groups is 2. The van der Waals surface area contributed by atoms with Gasteiger partial charge in [0.1, 0.15) is 11.4 Å². The van der Waals surface area contributed by atoms with Crippen LogP contribution in [0.15, 0.2) is 54.7 Å². The van der Waals surface area contributed by atoms with E-state index in [-0.39, 0.29) is 5.69 Å². The summed E-state index contributed by atoms with van der Waals surface area (Å²) in [6.45, 7) is 0. The van der Waals surface area contributed by atoms with Crippen LogP contribution in [-0.2, 0) is 0 Å². The molecule has 0 aliphatic rings. The fraction of sp³-hybridized carbons (Fsp3) is 0. The topological polar surface area (TPSA) is 68.3 Å². The van der Waals surface area contributed by atoms with E-state index in [0.717, 1.165) is 0 Å². The van der Waals surface area contributed by atoms with Crippen molar-refractivity contribution in [2.75, 3.05) is 0 Å². The minimum atomic E-state index is -0.836. The molecule has 0 bridgehead atoms. The smallest absolute Gasteiger partial charge is 0.410 e. The Balaban J connectivity index is 1.94. The zero-order valence-electron chi connectivity index (χ0n) is 9.37. The molecule has 0 unspecified atom stereocenters. The molecule has 0 radical (unpaired) electrons. The number of amides is 2. The van der Waals surface area contributed by atoms with Crippen LogP contribution in [0.4, 0.5) is 4.79 Å². The Kier molecular flexibility index (Phi) is 3.66. The highest BCUT2D eigenvalue weighted by Crippen LogP contribution is 2.08. The monoisotopic (exact) mass is 242 g/mol. The second-order valence-electron chi connectivity index (χ2n) is 3.37. The highest BCUT2D eigenvalue weighted by molar-refractivity contribution is 6.01. The van der Waals surface area contributed by atoms with Crippen LogP contribution in [-0.4, -0.2) is 17.0 Å². The molecule has 5 heteroatoms. The standard InChI is InChI=1S/C13H10N2O3/c16-12(11-8-4-5-9-14-11)15-13(17)18-10-6-2-1-3-7-10/h1-9H,(H,15,16,17). The first-order chi connectivity index (χ1) is 8.75. The molecule has 1 heterocycles. The molecule has 0 spiro atoms. The van der Waals surface area contributed by atoms with Gasteiger partial charge in [-0.15, -0.1) is 0 Å². The number of rotatable bonds is 2. The van der Waals surface area contributed by atoms with Gasteiger partial charge in [0, 0.05) is 6.20 Å². The number of imide groups is 1. The van der Waals surface area contributed by atoms with Crippen LogP contribution in [0.3, 0.4) is 0 Å². The fourth-order valence-electron chi connectivity index (χ4n) is 1.27. The summed E-state index contributed by atoms with van der Waals surface area (Å²) in [6, 6.07) is 13.3. The van der Waals surface area contributed by atoms with E-state index in [1.165, 1.54) is 12.3 Å². The molecule has 1 aromatic carbocycles. The van der Waals surface area contributed by atoms with Crippen molar-refractivity contribution in [2.24, 2.45) is 0 Å². The van der Waals surface area contributed by atoms with E-state index in [1.54, 1.807) is 42.5 Å². The number of nitrogens with zero attached hydrogens (tertiary/aromatic N) is 1. The van der Waals surface area contributed by atoms with Crippen LogP contribution in [0, 0.1) is 0 Å². The van der Waals surface area contributed by atoms with Crippen LogP contribution in [0.1, 0.15) is 10.5 Å². The van der Waals surface area contributed by atoms with Crippen molar-refractivity contribution >= 4 is 12.0 Å². The third-order valence-corrected chi connectivity index (χ3v) is 2.07. The first kappa shape index (κ1) is 11.8. The summed E-state index contributed by atoms with van der Waals surface area (Å²) in [5, 5.41) is 2.08. The highest BCUT2D eigenvalue weighted by atomic mass is 16.6. The Hall–Kier alpha value is -2.69. The first-order valence-electron chi connectivity index (χ1n) is 5.25. The molecule has 2 aromatic rings. The largest absolute Gasteiger partial charge is 0.419 e. The average Bonchev–Trinajstić information content (AvgIpc) is 2.40. The van der Waals surface area contributed by atoms with Crippen molar-refractivity contribution in [3.05, 3.63) is 60.4 Å². The Bertz CT molecular complexity index is 541. The van der Waals surface area contributed by atoms with Gasteiger partial charge in [-0.1, -0.05) is 24.3 Å². The van der Waals surface area contributed by atoms with Gasteiger partial charge in [0.25, 0.3) is 5.91 Å². The summed E-state index contributed by atoms with van der Waals surface area (Å²) >= 11 is 0. The van der Waals surface area contributed by atoms with Crippen LogP contribution in [0.2, 0.25) is 0 Å². The molecule has 90 valence electrons. The van der Waals surface area contributed by atoms with Gasteiger partial charge in [-0.05, 0) is 24.3 Å². The average molecular weight is 242 g/mol. The van der Waals surface area contributed by atoms with Crippen molar-refractivity contribution in [2.45, 2.75) is 0 Å². The summed E-state index contributed by atoms with van der Waals surface area (Å²) in [6.07, 6.45) is 0.633. The number of ether oxygens (including phenoxy) is 1. The van der Waals surface area contributed by atoms with E-state index in [0.29, 0.717) is 5.75 Å². The van der Waals surface area contributed by atoms with Crippen molar-refractivity contribution in [3.8, 4) is 5.75 Å². The van der Waals surface area contributed by atoms with E-state index in [9.17, 15) is 9.59 Å². The second kappa shape index (κ2) is 5.58. The molecule has 0 fully saturated rings. The summed E-state index contributed by atoms with van der Waals surface area (Å²) < 4.78 is 4.91. The summed E-state index contributed by atoms with van der Waals surface area (Å²) in [7, 11) is 0. The molecule has 2 amide bonds. The summed E-state index contributed by atoms with van der Waals surface area (Å²) in [4.78, 5) is 26.8. The van der Waals surface area contributed by atoms with Gasteiger partial charge in [-0.25, -0.2) is 4.79 Å². The Labute approximate surface area is 103 Å². The predicted octanol–water partition coefficient (Wildman–Crippen LogP) is 2.01. The molecular formula is C13H10N2O3. The minimum Gasteiger partial charge on any atom is -0.410 e. The van der Waals surface area contributed by atoms with Crippen molar-refractivity contribution in [1.29, 1.82) is 0 Å². The number of para-hydroxylation sites is 1. The van der Waals surface area contributed by atoms with Crippen molar-refractivity contribution < 1.29 is 14.3 Å². The molecule has 0 aliphatic heterocycles. The van der Waals surface area contributed by atoms with E-state index in [2.05, 4.69) is 10.3 Å². The summed E-state index contributed by atoms with van der Waals surface area (Å²) in [5.41, 5.74) is 0.155. The molecule has 1 aromatic heterocycles. The lowest BCUT2D eigenvalue weighted by atomic mass is 10.3. The van der Waals surface area contributed by atoms with Crippen LogP contribution < -0.4 is 10.1 Å². The second-order valence-corrected chi connectivity index (χ2v) is 3.37. The molecular weight excluding hydrogens is 232 g/mol. The predicted molar refractivity (Wildman–Crippen MR) is 64.2 cm³/mol. The molecule has 5 nitrogen and oxygen atoms in total. The number of hydrogen-bond donors (Lipinski definition) is 1. The molecule has 18 heavy (non-hydrogen) atoms. The van der Waals surface area contributed by atoms with Crippen LogP contribution >= 0.6 is 0 Å². The number of carbonyl (C=O) groups excluding carboxylic acids is 2. The van der Waals surface area contributed by atoms with Gasteiger partial charge in [0.15, 0.2) is 0 Å². The van der Waals surface area contributed by atoms with E-state index in [4.69, 9.17) is 4.74 Å². The minimum absolute atomic E-state index is 0.155. The van der Waals surface area contributed by atoms with Gasteiger partial charge in [0.2, 0.25) is 0 Å². The number of nitrogens with one attached hydrogen (secondary N) is 1. The maximum atomic E-state index is 11.6. The van der Waals surface area contributed by atoms with Crippen molar-refractivity contribution in [3.63, 3.8) is 0 Å². The summed E-state index contributed by atoms with van der Waals surface area (Å²) in [5.74, 6) is -0.236. The van der Waals surface area contributed by atoms with Crippen LogP contribution in [0.5, 0.6) is 5.75 Å². The molecule has 0 aliphatic carbocycles. The quantitative estimate of drug-likeness (QED) is 0.874. The van der Waals surface area contributed by atoms with Gasteiger partial charge in [0.05, 0.1) is 0 Å². The normalized spacial score (nSPS) is 9.56. The molecule has 0 saturated heterocycles. The Morgan fingerprint density at radius 2 is 1.72 bits per heavy atom. The SMILES string of the molecule is O=C(NC(=O)c1ccccn1)Oc1ccccc1. The first-order valence-corrected chi connectivity index (χ1v) is 5.25. The highest BCUT2D eigenvalue weighted by Gasteiger charge is 2.12. The fourth-order valence-corrected chi connectivity index (χ4v) is 1.27. The van der Waals surface area contributed by atoms with Gasteiger partial charge < -0.3 is 4.74 Å². The zero-order valence-corrected chi connectivity index (χ0v) is 9.37. The maximum Gasteiger partial charge on any atom is 0.419 e.